The lowest BCUT2D eigenvalue weighted by Gasteiger charge is -2.38. The van der Waals surface area contributed by atoms with Gasteiger partial charge in [-0.3, -0.25) is 4.79 Å². The first kappa shape index (κ1) is 12.4. The van der Waals surface area contributed by atoms with E-state index in [0.717, 1.165) is 11.4 Å². The zero-order valence-corrected chi connectivity index (χ0v) is 10.6. The molecule has 5 nitrogen and oxygen atoms in total. The number of hydrogen-bond donors (Lipinski definition) is 1. The van der Waals surface area contributed by atoms with Gasteiger partial charge in [-0.25, -0.2) is 0 Å². The highest BCUT2D eigenvalue weighted by molar-refractivity contribution is 6.03. The maximum Gasteiger partial charge on any atom is 0.246 e. The van der Waals surface area contributed by atoms with Crippen LogP contribution in [0.5, 0.6) is 0 Å². The molecule has 1 unspecified atom stereocenters. The molecule has 1 aliphatic rings. The van der Waals surface area contributed by atoms with Gasteiger partial charge in [0, 0.05) is 19.6 Å². The van der Waals surface area contributed by atoms with Crippen LogP contribution in [0.2, 0.25) is 0 Å². The lowest BCUT2D eigenvalue weighted by molar-refractivity contribution is -0.117. The van der Waals surface area contributed by atoms with Gasteiger partial charge in [0.25, 0.3) is 0 Å². The molecule has 0 fully saturated rings. The minimum atomic E-state index is 0.0347. The van der Waals surface area contributed by atoms with E-state index in [9.17, 15) is 4.79 Å². The lowest BCUT2D eigenvalue weighted by atomic mass is 10.1. The largest absolute Gasteiger partial charge is 0.357 e. The summed E-state index contributed by atoms with van der Waals surface area (Å²) in [7, 11) is 1.75. The molecule has 0 radical (unpaired) electrons. The molecule has 0 spiro atoms. The summed E-state index contributed by atoms with van der Waals surface area (Å²) in [6.45, 7) is 2.74. The van der Waals surface area contributed by atoms with Gasteiger partial charge < -0.3 is 15.5 Å². The average Bonchev–Trinajstić information content (AvgIpc) is 2.41. The number of carbonyl (C=O) groups excluding carboxylic acids is 1. The first-order valence-electron chi connectivity index (χ1n) is 5.86. The van der Waals surface area contributed by atoms with Crippen molar-refractivity contribution >= 4 is 17.3 Å². The standard InChI is InChI=1S/C13H16N4O/c1-9(6-14)17-8-13(18)16(2)11-4-3-10(7-15)5-12(11)17/h3-5,9H,6,8,14H2,1-2H3. The predicted molar refractivity (Wildman–Crippen MR) is 70.4 cm³/mol. The number of hydrogen-bond acceptors (Lipinski definition) is 4. The Kier molecular flexibility index (Phi) is 3.21. The molecule has 18 heavy (non-hydrogen) atoms. The van der Waals surface area contributed by atoms with Crippen LogP contribution in [0.25, 0.3) is 0 Å². The Labute approximate surface area is 106 Å². The van der Waals surface area contributed by atoms with Gasteiger partial charge in [0.1, 0.15) is 0 Å². The number of nitrogens with zero attached hydrogens (tertiary/aromatic N) is 3. The van der Waals surface area contributed by atoms with E-state index in [1.54, 1.807) is 24.1 Å². The predicted octanol–water partition coefficient (Wildman–Crippen LogP) is 0.688. The number of nitriles is 1. The molecule has 5 heteroatoms. The summed E-state index contributed by atoms with van der Waals surface area (Å²) in [6.07, 6.45) is 0. The van der Waals surface area contributed by atoms with Gasteiger partial charge in [0.15, 0.2) is 0 Å². The molecule has 1 amide bonds. The molecule has 0 saturated carbocycles. The lowest BCUT2D eigenvalue weighted by Crippen LogP contribution is -2.49. The fraction of sp³-hybridized carbons (Fsp3) is 0.385. The molecular formula is C13H16N4O. The van der Waals surface area contributed by atoms with Crippen LogP contribution < -0.4 is 15.5 Å². The molecule has 1 aliphatic heterocycles. The van der Waals surface area contributed by atoms with E-state index in [4.69, 9.17) is 11.0 Å². The van der Waals surface area contributed by atoms with Crippen molar-refractivity contribution in [2.24, 2.45) is 5.73 Å². The Balaban J connectivity index is 2.53. The molecular weight excluding hydrogens is 228 g/mol. The van der Waals surface area contributed by atoms with Crippen LogP contribution >= 0.6 is 0 Å². The number of likely N-dealkylation sites (N-methyl/N-ethyl adjacent to an activating group) is 1. The summed E-state index contributed by atoms with van der Waals surface area (Å²) in [5, 5.41) is 8.97. The van der Waals surface area contributed by atoms with Crippen molar-refractivity contribution in [2.45, 2.75) is 13.0 Å². The Morgan fingerprint density at radius 3 is 2.83 bits per heavy atom. The van der Waals surface area contributed by atoms with Gasteiger partial charge in [0.05, 0.1) is 29.6 Å². The van der Waals surface area contributed by atoms with Crippen molar-refractivity contribution in [3.05, 3.63) is 23.8 Å². The normalized spacial score (nSPS) is 16.2. The Morgan fingerprint density at radius 1 is 1.50 bits per heavy atom. The van der Waals surface area contributed by atoms with E-state index >= 15 is 0 Å². The Bertz CT molecular complexity index is 520. The second-order valence-electron chi connectivity index (χ2n) is 4.48. The smallest absolute Gasteiger partial charge is 0.246 e. The van der Waals surface area contributed by atoms with Gasteiger partial charge in [-0.05, 0) is 25.1 Å². The molecule has 1 aromatic carbocycles. The van der Waals surface area contributed by atoms with Gasteiger partial charge in [-0.15, -0.1) is 0 Å². The fourth-order valence-electron chi connectivity index (χ4n) is 2.10. The van der Waals surface area contributed by atoms with Crippen LogP contribution in [0.1, 0.15) is 12.5 Å². The quantitative estimate of drug-likeness (QED) is 0.830. The van der Waals surface area contributed by atoms with E-state index in [0.29, 0.717) is 18.7 Å². The van der Waals surface area contributed by atoms with E-state index in [2.05, 4.69) is 6.07 Å². The monoisotopic (exact) mass is 244 g/mol. The second-order valence-corrected chi connectivity index (χ2v) is 4.48. The number of benzene rings is 1. The topological polar surface area (TPSA) is 73.4 Å². The summed E-state index contributed by atoms with van der Waals surface area (Å²) in [6, 6.07) is 7.52. The molecule has 0 aliphatic carbocycles. The van der Waals surface area contributed by atoms with Crippen LogP contribution in [-0.2, 0) is 4.79 Å². The second kappa shape index (κ2) is 4.67. The van der Waals surface area contributed by atoms with E-state index in [1.165, 1.54) is 0 Å². The van der Waals surface area contributed by atoms with Gasteiger partial charge >= 0.3 is 0 Å². The Morgan fingerprint density at radius 2 is 2.22 bits per heavy atom. The number of nitrogens with two attached hydrogens (primary N) is 1. The minimum absolute atomic E-state index is 0.0347. The third kappa shape index (κ3) is 1.91. The fourth-order valence-corrected chi connectivity index (χ4v) is 2.10. The minimum Gasteiger partial charge on any atom is -0.357 e. The summed E-state index contributed by atoms with van der Waals surface area (Å²) in [5.74, 6) is 0.0347. The number of fused-ring (bicyclic) bond motifs is 1. The molecule has 2 rings (SSSR count). The number of carbonyl (C=O) groups is 1. The van der Waals surface area contributed by atoms with Crippen molar-refractivity contribution in [3.63, 3.8) is 0 Å². The van der Waals surface area contributed by atoms with Gasteiger partial charge in [0.2, 0.25) is 5.91 Å². The maximum atomic E-state index is 11.9. The highest BCUT2D eigenvalue weighted by Gasteiger charge is 2.29. The molecule has 0 aromatic heterocycles. The number of anilines is 2. The van der Waals surface area contributed by atoms with Crippen molar-refractivity contribution in [3.8, 4) is 6.07 Å². The van der Waals surface area contributed by atoms with Crippen molar-refractivity contribution in [1.29, 1.82) is 5.26 Å². The molecule has 1 heterocycles. The average molecular weight is 244 g/mol. The Hall–Kier alpha value is -2.06. The van der Waals surface area contributed by atoms with Crippen LogP contribution in [0.3, 0.4) is 0 Å². The van der Waals surface area contributed by atoms with E-state index < -0.39 is 0 Å². The van der Waals surface area contributed by atoms with E-state index in [1.807, 2.05) is 17.9 Å². The number of amides is 1. The van der Waals surface area contributed by atoms with Gasteiger partial charge in [-0.1, -0.05) is 0 Å². The van der Waals surface area contributed by atoms with Gasteiger partial charge in [-0.2, -0.15) is 5.26 Å². The third-order valence-corrected chi connectivity index (χ3v) is 3.33. The van der Waals surface area contributed by atoms with E-state index in [-0.39, 0.29) is 11.9 Å². The zero-order valence-electron chi connectivity index (χ0n) is 10.6. The first-order valence-corrected chi connectivity index (χ1v) is 5.86. The van der Waals surface area contributed by atoms with Crippen LogP contribution in [-0.4, -0.2) is 32.1 Å². The van der Waals surface area contributed by atoms with Crippen molar-refractivity contribution in [1.82, 2.24) is 0 Å². The summed E-state index contributed by atoms with van der Waals surface area (Å²) < 4.78 is 0. The first-order chi connectivity index (χ1) is 8.58. The molecule has 1 atom stereocenters. The third-order valence-electron chi connectivity index (χ3n) is 3.33. The summed E-state index contributed by atoms with van der Waals surface area (Å²) >= 11 is 0. The van der Waals surface area contributed by atoms with Crippen LogP contribution in [0.15, 0.2) is 18.2 Å². The highest BCUT2D eigenvalue weighted by Crippen LogP contribution is 2.34. The SMILES string of the molecule is CC(CN)N1CC(=O)N(C)c2ccc(C#N)cc21. The molecule has 94 valence electrons. The zero-order chi connectivity index (χ0) is 13.3. The number of rotatable bonds is 2. The van der Waals surface area contributed by atoms with Crippen molar-refractivity contribution < 1.29 is 4.79 Å². The summed E-state index contributed by atoms with van der Waals surface area (Å²) in [4.78, 5) is 15.5. The molecule has 1 aromatic rings. The van der Waals surface area contributed by atoms with Crippen LogP contribution in [0.4, 0.5) is 11.4 Å². The van der Waals surface area contributed by atoms with Crippen molar-refractivity contribution in [2.75, 3.05) is 29.9 Å². The molecule has 0 bridgehead atoms. The molecule has 2 N–H and O–H groups in total. The van der Waals surface area contributed by atoms with Crippen LogP contribution in [0, 0.1) is 11.3 Å². The maximum absolute atomic E-state index is 11.9. The molecule has 0 saturated heterocycles. The highest BCUT2D eigenvalue weighted by atomic mass is 16.2. The summed E-state index contributed by atoms with van der Waals surface area (Å²) in [5.41, 5.74) is 7.99.